The van der Waals surface area contributed by atoms with Crippen LogP contribution in [0.3, 0.4) is 0 Å². The summed E-state index contributed by atoms with van der Waals surface area (Å²) < 4.78 is 18.8. The molecule has 0 amide bonds. The van der Waals surface area contributed by atoms with Crippen molar-refractivity contribution in [3.05, 3.63) is 66.5 Å². The summed E-state index contributed by atoms with van der Waals surface area (Å²) in [4.78, 5) is 7.72. The maximum absolute atomic E-state index is 12.9. The van der Waals surface area contributed by atoms with Crippen molar-refractivity contribution in [1.29, 1.82) is 0 Å². The monoisotopic (exact) mass is 278 g/mol. The molecule has 0 unspecified atom stereocenters. The van der Waals surface area contributed by atoms with E-state index < -0.39 is 0 Å². The summed E-state index contributed by atoms with van der Waals surface area (Å²) in [6.45, 7) is 0. The van der Waals surface area contributed by atoms with Gasteiger partial charge < -0.3 is 9.40 Å². The molecule has 2 aromatic carbocycles. The zero-order chi connectivity index (χ0) is 14.2. The maximum Gasteiger partial charge on any atom is 0.174 e. The first-order valence-corrected chi connectivity index (χ1v) is 6.60. The van der Waals surface area contributed by atoms with Gasteiger partial charge in [0.15, 0.2) is 11.6 Å². The van der Waals surface area contributed by atoms with Gasteiger partial charge in [-0.2, -0.15) is 0 Å². The van der Waals surface area contributed by atoms with Crippen molar-refractivity contribution in [3.8, 4) is 22.9 Å². The first-order valence-electron chi connectivity index (χ1n) is 6.60. The number of hydrogen-bond donors (Lipinski definition) is 1. The molecule has 1 N–H and O–H groups in total. The molecular formula is C17H11FN2O. The number of halogens is 1. The van der Waals surface area contributed by atoms with Gasteiger partial charge in [-0.15, -0.1) is 0 Å². The van der Waals surface area contributed by atoms with Gasteiger partial charge >= 0.3 is 0 Å². The molecule has 0 saturated carbocycles. The van der Waals surface area contributed by atoms with Gasteiger partial charge in [0, 0.05) is 5.56 Å². The number of rotatable bonds is 2. The predicted octanol–water partition coefficient (Wildman–Crippen LogP) is 4.63. The Morgan fingerprint density at radius 1 is 0.857 bits per heavy atom. The van der Waals surface area contributed by atoms with Gasteiger partial charge in [0.2, 0.25) is 0 Å². The minimum Gasteiger partial charge on any atom is -0.453 e. The molecule has 0 fully saturated rings. The largest absolute Gasteiger partial charge is 0.453 e. The lowest BCUT2D eigenvalue weighted by Gasteiger charge is -1.96. The van der Waals surface area contributed by atoms with E-state index in [0.717, 1.165) is 16.6 Å². The molecule has 0 spiro atoms. The second kappa shape index (κ2) is 4.59. The molecule has 21 heavy (non-hydrogen) atoms. The topological polar surface area (TPSA) is 41.8 Å². The maximum atomic E-state index is 12.9. The summed E-state index contributed by atoms with van der Waals surface area (Å²) in [6, 6.07) is 17.7. The first kappa shape index (κ1) is 11.9. The van der Waals surface area contributed by atoms with E-state index in [1.165, 1.54) is 12.1 Å². The van der Waals surface area contributed by atoms with Crippen molar-refractivity contribution in [2.45, 2.75) is 0 Å². The van der Waals surface area contributed by atoms with Crippen LogP contribution in [0.2, 0.25) is 0 Å². The molecule has 102 valence electrons. The molecule has 2 heterocycles. The van der Waals surface area contributed by atoms with E-state index in [1.54, 1.807) is 12.1 Å². The molecule has 0 aliphatic rings. The van der Waals surface area contributed by atoms with Crippen LogP contribution in [0.25, 0.3) is 33.9 Å². The molecule has 0 saturated heterocycles. The highest BCUT2D eigenvalue weighted by molar-refractivity contribution is 5.78. The van der Waals surface area contributed by atoms with Crippen LogP contribution in [0.15, 0.2) is 65.1 Å². The van der Waals surface area contributed by atoms with Crippen molar-refractivity contribution < 1.29 is 8.81 Å². The van der Waals surface area contributed by atoms with E-state index in [0.29, 0.717) is 17.3 Å². The van der Waals surface area contributed by atoms with Crippen LogP contribution in [-0.4, -0.2) is 9.97 Å². The number of aromatic nitrogens is 2. The molecule has 3 nitrogen and oxygen atoms in total. The van der Waals surface area contributed by atoms with Crippen LogP contribution in [-0.2, 0) is 0 Å². The van der Waals surface area contributed by atoms with Gasteiger partial charge in [-0.25, -0.2) is 9.37 Å². The number of nitrogens with one attached hydrogen (secondary N) is 1. The Bertz CT molecular complexity index is 873. The van der Waals surface area contributed by atoms with Crippen LogP contribution in [0.5, 0.6) is 0 Å². The molecule has 4 rings (SSSR count). The number of aromatic amines is 1. The Morgan fingerprint density at radius 2 is 1.62 bits per heavy atom. The number of fused-ring (bicyclic) bond motifs is 1. The third-order valence-electron chi connectivity index (χ3n) is 3.36. The van der Waals surface area contributed by atoms with E-state index in [2.05, 4.69) is 9.97 Å². The third-order valence-corrected chi connectivity index (χ3v) is 3.36. The Kier molecular flexibility index (Phi) is 2.60. The normalized spacial score (nSPS) is 11.1. The zero-order valence-electron chi connectivity index (χ0n) is 11.0. The average Bonchev–Trinajstić information content (AvgIpc) is 3.14. The zero-order valence-corrected chi connectivity index (χ0v) is 11.0. The highest BCUT2D eigenvalue weighted by Crippen LogP contribution is 2.28. The Labute approximate surface area is 120 Å². The fourth-order valence-electron chi connectivity index (χ4n) is 2.30. The number of para-hydroxylation sites is 2. The number of furan rings is 1. The van der Waals surface area contributed by atoms with Gasteiger partial charge in [0.25, 0.3) is 0 Å². The number of H-pyrrole nitrogens is 1. The molecule has 0 radical (unpaired) electrons. The quantitative estimate of drug-likeness (QED) is 0.581. The highest BCUT2D eigenvalue weighted by Gasteiger charge is 2.10. The number of imidazole rings is 1. The Balaban J connectivity index is 1.75. The SMILES string of the molecule is Fc1ccc(-c2ccc(-c3nc4ccccc4[nH]3)o2)cc1. The van der Waals surface area contributed by atoms with Gasteiger partial charge in [0.1, 0.15) is 11.6 Å². The summed E-state index contributed by atoms with van der Waals surface area (Å²) >= 11 is 0. The lowest BCUT2D eigenvalue weighted by molar-refractivity contribution is 0.592. The van der Waals surface area contributed by atoms with E-state index in [9.17, 15) is 4.39 Å². The smallest absolute Gasteiger partial charge is 0.174 e. The summed E-state index contributed by atoms with van der Waals surface area (Å²) in [5.74, 6) is 1.77. The van der Waals surface area contributed by atoms with Crippen LogP contribution in [0.4, 0.5) is 4.39 Å². The number of nitrogens with zero attached hydrogens (tertiary/aromatic N) is 1. The first-order chi connectivity index (χ1) is 10.3. The minimum absolute atomic E-state index is 0.261. The van der Waals surface area contributed by atoms with Gasteiger partial charge in [0.05, 0.1) is 11.0 Å². The van der Waals surface area contributed by atoms with Gasteiger partial charge in [-0.3, -0.25) is 0 Å². The number of benzene rings is 2. The predicted molar refractivity (Wildman–Crippen MR) is 79.2 cm³/mol. The molecule has 0 bridgehead atoms. The second-order valence-electron chi connectivity index (χ2n) is 4.77. The fraction of sp³-hybridized carbons (Fsp3) is 0. The van der Waals surface area contributed by atoms with Crippen molar-refractivity contribution in [2.24, 2.45) is 0 Å². The molecule has 0 atom stereocenters. The van der Waals surface area contributed by atoms with Crippen molar-refractivity contribution in [2.75, 3.05) is 0 Å². The van der Waals surface area contributed by atoms with E-state index >= 15 is 0 Å². The molecule has 2 aromatic heterocycles. The Morgan fingerprint density at radius 3 is 2.43 bits per heavy atom. The molecular weight excluding hydrogens is 267 g/mol. The summed E-state index contributed by atoms with van der Waals surface area (Å²) in [5.41, 5.74) is 2.69. The molecule has 0 aliphatic heterocycles. The van der Waals surface area contributed by atoms with Crippen molar-refractivity contribution in [1.82, 2.24) is 9.97 Å². The minimum atomic E-state index is -0.261. The van der Waals surface area contributed by atoms with Gasteiger partial charge in [-0.05, 0) is 48.5 Å². The lowest BCUT2D eigenvalue weighted by atomic mass is 10.2. The van der Waals surface area contributed by atoms with Crippen LogP contribution >= 0.6 is 0 Å². The summed E-state index contributed by atoms with van der Waals surface area (Å²) in [5, 5.41) is 0. The van der Waals surface area contributed by atoms with Crippen molar-refractivity contribution >= 4 is 11.0 Å². The van der Waals surface area contributed by atoms with E-state index in [1.807, 2.05) is 36.4 Å². The van der Waals surface area contributed by atoms with Gasteiger partial charge in [-0.1, -0.05) is 12.1 Å². The lowest BCUT2D eigenvalue weighted by Crippen LogP contribution is -1.77. The molecule has 4 aromatic rings. The van der Waals surface area contributed by atoms with Crippen LogP contribution in [0.1, 0.15) is 0 Å². The number of hydrogen-bond acceptors (Lipinski definition) is 2. The van der Waals surface area contributed by atoms with Crippen molar-refractivity contribution in [3.63, 3.8) is 0 Å². The highest BCUT2D eigenvalue weighted by atomic mass is 19.1. The van der Waals surface area contributed by atoms with E-state index in [4.69, 9.17) is 4.42 Å². The molecule has 0 aliphatic carbocycles. The average molecular weight is 278 g/mol. The standard InChI is InChI=1S/C17H11FN2O/c18-12-7-5-11(6-8-12)15-9-10-16(21-15)17-19-13-3-1-2-4-14(13)20-17/h1-10H,(H,19,20). The Hall–Kier alpha value is -2.88. The van der Waals surface area contributed by atoms with E-state index in [-0.39, 0.29) is 5.82 Å². The summed E-state index contributed by atoms with van der Waals surface area (Å²) in [6.07, 6.45) is 0. The molecule has 4 heteroatoms. The van der Waals surface area contributed by atoms with Crippen LogP contribution < -0.4 is 0 Å². The van der Waals surface area contributed by atoms with Crippen LogP contribution in [0, 0.1) is 5.82 Å². The fourth-order valence-corrected chi connectivity index (χ4v) is 2.30. The third kappa shape index (κ3) is 2.10. The second-order valence-corrected chi connectivity index (χ2v) is 4.77. The summed E-state index contributed by atoms with van der Waals surface area (Å²) in [7, 11) is 0.